The zero-order chi connectivity index (χ0) is 15.1. The number of carbonyl (C=O) groups excluding carboxylic acids is 1. The Balaban J connectivity index is 2.10. The normalized spacial score (nSPS) is 15.2. The zero-order valence-electron chi connectivity index (χ0n) is 11.0. The molecule has 0 unspecified atom stereocenters. The van der Waals surface area contributed by atoms with Gasteiger partial charge in [0.15, 0.2) is 5.76 Å². The van der Waals surface area contributed by atoms with Crippen LogP contribution in [0.5, 0.6) is 11.5 Å². The molecule has 2 aromatic rings. The van der Waals surface area contributed by atoms with Crippen molar-refractivity contribution in [1.29, 1.82) is 0 Å². The Morgan fingerprint density at radius 3 is 2.52 bits per heavy atom. The molecule has 21 heavy (non-hydrogen) atoms. The molecule has 0 atom stereocenters. The Morgan fingerprint density at radius 2 is 1.86 bits per heavy atom. The lowest BCUT2D eigenvalue weighted by Crippen LogP contribution is -1.99. The van der Waals surface area contributed by atoms with Gasteiger partial charge in [0.25, 0.3) is 0 Å². The van der Waals surface area contributed by atoms with Crippen molar-refractivity contribution < 1.29 is 14.6 Å². The minimum atomic E-state index is -0.251. The van der Waals surface area contributed by atoms with Gasteiger partial charge < -0.3 is 9.84 Å². The molecule has 0 spiro atoms. The van der Waals surface area contributed by atoms with E-state index in [9.17, 15) is 9.90 Å². The number of aromatic hydroxyl groups is 1. The summed E-state index contributed by atoms with van der Waals surface area (Å²) in [4.78, 5) is 12.4. The molecule has 0 amide bonds. The number of phenolic OH excluding ortho intramolecular Hbond substituents is 1. The van der Waals surface area contributed by atoms with E-state index in [1.54, 1.807) is 25.1 Å². The predicted octanol–water partition coefficient (Wildman–Crippen LogP) is 4.62. The second-order valence-electron chi connectivity index (χ2n) is 4.71. The number of allylic oxidation sites excluding steroid dienone is 1. The topological polar surface area (TPSA) is 46.5 Å². The Morgan fingerprint density at radius 1 is 1.19 bits per heavy atom. The van der Waals surface area contributed by atoms with E-state index in [1.807, 2.05) is 0 Å². The molecular formula is C16H10Cl2O3. The van der Waals surface area contributed by atoms with Gasteiger partial charge in [0, 0.05) is 21.7 Å². The summed E-state index contributed by atoms with van der Waals surface area (Å²) in [6.07, 6.45) is 1.52. The number of ether oxygens (including phenoxy) is 1. The summed E-state index contributed by atoms with van der Waals surface area (Å²) in [6, 6.07) is 8.02. The van der Waals surface area contributed by atoms with Crippen LogP contribution < -0.4 is 4.74 Å². The Bertz CT molecular complexity index is 774. The van der Waals surface area contributed by atoms with Gasteiger partial charge in [0.05, 0.1) is 5.56 Å². The summed E-state index contributed by atoms with van der Waals surface area (Å²) in [5.74, 6) is 0.273. The van der Waals surface area contributed by atoms with E-state index in [4.69, 9.17) is 27.9 Å². The minimum Gasteiger partial charge on any atom is -0.508 e. The van der Waals surface area contributed by atoms with Crippen molar-refractivity contribution in [2.75, 3.05) is 0 Å². The molecule has 0 aliphatic carbocycles. The number of Topliss-reactive ketones (excluding diaryl/α,β-unsaturated/α-hetero) is 1. The number of rotatable bonds is 1. The highest BCUT2D eigenvalue weighted by molar-refractivity contribution is 6.37. The van der Waals surface area contributed by atoms with E-state index >= 15 is 0 Å². The second-order valence-corrected chi connectivity index (χ2v) is 5.53. The molecule has 0 radical (unpaired) electrons. The summed E-state index contributed by atoms with van der Waals surface area (Å²) in [6.45, 7) is 1.74. The van der Waals surface area contributed by atoms with Crippen LogP contribution in [0.1, 0.15) is 21.5 Å². The Labute approximate surface area is 131 Å². The molecule has 0 fully saturated rings. The molecule has 3 rings (SSSR count). The number of hydrogen-bond donors (Lipinski definition) is 1. The molecule has 0 aromatic heterocycles. The Kier molecular flexibility index (Phi) is 3.40. The highest BCUT2D eigenvalue weighted by Crippen LogP contribution is 2.38. The number of halogens is 2. The van der Waals surface area contributed by atoms with E-state index < -0.39 is 0 Å². The van der Waals surface area contributed by atoms with Gasteiger partial charge in [-0.15, -0.1) is 0 Å². The van der Waals surface area contributed by atoms with Crippen LogP contribution in [0.4, 0.5) is 0 Å². The highest BCUT2D eigenvalue weighted by Gasteiger charge is 2.30. The van der Waals surface area contributed by atoms with Crippen LogP contribution in [-0.2, 0) is 0 Å². The fourth-order valence-corrected chi connectivity index (χ4v) is 2.78. The average molecular weight is 321 g/mol. The molecular weight excluding hydrogens is 311 g/mol. The van der Waals surface area contributed by atoms with Gasteiger partial charge in [-0.3, -0.25) is 4.79 Å². The number of benzene rings is 2. The molecule has 2 aromatic carbocycles. The first-order valence-electron chi connectivity index (χ1n) is 6.19. The smallest absolute Gasteiger partial charge is 0.232 e. The first-order valence-corrected chi connectivity index (χ1v) is 6.95. The summed E-state index contributed by atoms with van der Waals surface area (Å²) in [5, 5.41) is 10.4. The monoisotopic (exact) mass is 320 g/mol. The SMILES string of the molecule is Cc1cc(O)cc2c1C(=O)/C(=C\c1c(Cl)cccc1Cl)O2. The fourth-order valence-electron chi connectivity index (χ4n) is 2.27. The van der Waals surface area contributed by atoms with Crippen molar-refractivity contribution in [3.63, 3.8) is 0 Å². The standard InChI is InChI=1S/C16H10Cl2O3/c1-8-5-9(19)6-13-15(8)16(20)14(21-13)7-10-11(17)3-2-4-12(10)18/h2-7,19H,1H3/b14-7+. The molecule has 5 heteroatoms. The number of hydrogen-bond acceptors (Lipinski definition) is 3. The fraction of sp³-hybridized carbons (Fsp3) is 0.0625. The third kappa shape index (κ3) is 2.39. The van der Waals surface area contributed by atoms with Crippen LogP contribution in [0.2, 0.25) is 10.0 Å². The van der Waals surface area contributed by atoms with Gasteiger partial charge in [-0.2, -0.15) is 0 Å². The molecule has 0 bridgehead atoms. The van der Waals surface area contributed by atoms with Crippen LogP contribution >= 0.6 is 23.2 Å². The van der Waals surface area contributed by atoms with E-state index in [-0.39, 0.29) is 17.3 Å². The molecule has 1 aliphatic heterocycles. The maximum atomic E-state index is 12.4. The summed E-state index contributed by atoms with van der Waals surface area (Å²) >= 11 is 12.2. The predicted molar refractivity (Wildman–Crippen MR) is 82.2 cm³/mol. The third-order valence-electron chi connectivity index (χ3n) is 3.23. The number of fused-ring (bicyclic) bond motifs is 1. The van der Waals surface area contributed by atoms with Gasteiger partial charge in [-0.1, -0.05) is 29.3 Å². The zero-order valence-corrected chi connectivity index (χ0v) is 12.5. The van der Waals surface area contributed by atoms with E-state index in [0.717, 1.165) is 0 Å². The molecule has 0 saturated carbocycles. The number of carbonyl (C=O) groups is 1. The molecule has 1 N–H and O–H groups in total. The van der Waals surface area contributed by atoms with Crippen molar-refractivity contribution in [3.05, 3.63) is 62.8 Å². The van der Waals surface area contributed by atoms with Crippen LogP contribution in [0, 0.1) is 6.92 Å². The van der Waals surface area contributed by atoms with E-state index in [0.29, 0.717) is 32.5 Å². The summed E-state index contributed by atoms with van der Waals surface area (Å²) in [7, 11) is 0. The highest BCUT2D eigenvalue weighted by atomic mass is 35.5. The Hall–Kier alpha value is -1.97. The molecule has 0 saturated heterocycles. The van der Waals surface area contributed by atoms with Gasteiger partial charge in [-0.25, -0.2) is 0 Å². The second kappa shape index (κ2) is 5.10. The molecule has 1 heterocycles. The van der Waals surface area contributed by atoms with Crippen molar-refractivity contribution in [2.24, 2.45) is 0 Å². The largest absolute Gasteiger partial charge is 0.508 e. The van der Waals surface area contributed by atoms with Crippen molar-refractivity contribution >= 4 is 35.1 Å². The van der Waals surface area contributed by atoms with E-state index in [1.165, 1.54) is 18.2 Å². The van der Waals surface area contributed by atoms with Gasteiger partial charge in [0.2, 0.25) is 5.78 Å². The van der Waals surface area contributed by atoms with E-state index in [2.05, 4.69) is 0 Å². The number of aryl methyl sites for hydroxylation is 1. The average Bonchev–Trinajstić information content (AvgIpc) is 2.70. The first kappa shape index (κ1) is 14.0. The summed E-state index contributed by atoms with van der Waals surface area (Å²) < 4.78 is 5.53. The lowest BCUT2D eigenvalue weighted by atomic mass is 10.0. The van der Waals surface area contributed by atoms with Crippen molar-refractivity contribution in [3.8, 4) is 11.5 Å². The first-order chi connectivity index (χ1) is 9.97. The van der Waals surface area contributed by atoms with Crippen LogP contribution in [0.3, 0.4) is 0 Å². The molecule has 106 valence electrons. The van der Waals surface area contributed by atoms with Crippen LogP contribution in [0.25, 0.3) is 6.08 Å². The van der Waals surface area contributed by atoms with Crippen LogP contribution in [-0.4, -0.2) is 10.9 Å². The summed E-state index contributed by atoms with van der Waals surface area (Å²) in [5.41, 5.74) is 1.63. The van der Waals surface area contributed by atoms with Gasteiger partial charge >= 0.3 is 0 Å². The minimum absolute atomic E-state index is 0.0519. The van der Waals surface area contributed by atoms with Crippen molar-refractivity contribution in [1.82, 2.24) is 0 Å². The maximum absolute atomic E-state index is 12.4. The van der Waals surface area contributed by atoms with Gasteiger partial charge in [0.1, 0.15) is 11.5 Å². The lowest BCUT2D eigenvalue weighted by molar-refractivity contribution is 0.101. The quantitative estimate of drug-likeness (QED) is 0.779. The number of phenols is 1. The molecule has 3 nitrogen and oxygen atoms in total. The third-order valence-corrected chi connectivity index (χ3v) is 3.89. The lowest BCUT2D eigenvalue weighted by Gasteiger charge is -2.03. The maximum Gasteiger partial charge on any atom is 0.232 e. The van der Waals surface area contributed by atoms with Crippen molar-refractivity contribution in [2.45, 2.75) is 6.92 Å². The van der Waals surface area contributed by atoms with Gasteiger partial charge in [-0.05, 0) is 36.8 Å². The van der Waals surface area contributed by atoms with Crippen LogP contribution in [0.15, 0.2) is 36.1 Å². The number of ketones is 1. The molecule has 1 aliphatic rings.